The minimum Gasteiger partial charge on any atom is -0.493 e. The Labute approximate surface area is 164 Å². The molecule has 0 saturated heterocycles. The summed E-state index contributed by atoms with van der Waals surface area (Å²) in [5.41, 5.74) is 1.51. The van der Waals surface area contributed by atoms with Crippen LogP contribution in [0.25, 0.3) is 0 Å². The molecule has 9 heteroatoms. The number of nitrogens with one attached hydrogen (secondary N) is 2. The molecule has 150 valence electrons. The highest BCUT2D eigenvalue weighted by Crippen LogP contribution is 2.24. The fraction of sp³-hybridized carbons (Fsp3) is 0.368. The molecular weight excluding hydrogens is 362 g/mol. The zero-order chi connectivity index (χ0) is 20.5. The number of benzene rings is 1. The van der Waals surface area contributed by atoms with Crippen LogP contribution in [0.5, 0.6) is 5.75 Å². The van der Waals surface area contributed by atoms with Crippen LogP contribution in [0.2, 0.25) is 0 Å². The minimum atomic E-state index is -0.506. The molecule has 2 N–H and O–H groups in total. The number of nitrogens with zero attached hydrogens (tertiary/aromatic N) is 3. The van der Waals surface area contributed by atoms with Crippen molar-refractivity contribution in [2.24, 2.45) is 0 Å². The zero-order valence-corrected chi connectivity index (χ0v) is 16.5. The van der Waals surface area contributed by atoms with Gasteiger partial charge in [0.2, 0.25) is 0 Å². The van der Waals surface area contributed by atoms with E-state index in [1.54, 1.807) is 31.3 Å². The van der Waals surface area contributed by atoms with Crippen LogP contribution in [0.1, 0.15) is 22.5 Å². The maximum absolute atomic E-state index is 12.2. The molecule has 2 aromatic rings. The monoisotopic (exact) mass is 387 g/mol. The van der Waals surface area contributed by atoms with Crippen molar-refractivity contribution in [2.75, 3.05) is 45.0 Å². The van der Waals surface area contributed by atoms with Crippen LogP contribution in [-0.4, -0.2) is 61.2 Å². The van der Waals surface area contributed by atoms with E-state index in [1.165, 1.54) is 13.3 Å². The van der Waals surface area contributed by atoms with E-state index >= 15 is 0 Å². The number of esters is 1. The van der Waals surface area contributed by atoms with Crippen molar-refractivity contribution in [1.82, 2.24) is 14.9 Å². The van der Waals surface area contributed by atoms with Crippen LogP contribution >= 0.6 is 0 Å². The van der Waals surface area contributed by atoms with Gasteiger partial charge in [-0.15, -0.1) is 0 Å². The first-order chi connectivity index (χ1) is 13.4. The largest absolute Gasteiger partial charge is 0.493 e. The Kier molecular flexibility index (Phi) is 7.70. The van der Waals surface area contributed by atoms with Gasteiger partial charge >= 0.3 is 12.0 Å². The number of aryl methyl sites for hydroxylation is 1. The van der Waals surface area contributed by atoms with E-state index in [9.17, 15) is 9.59 Å². The second-order valence-electron chi connectivity index (χ2n) is 6.33. The molecule has 0 aliphatic heterocycles. The molecule has 0 bridgehead atoms. The fourth-order valence-corrected chi connectivity index (χ4v) is 2.30. The van der Waals surface area contributed by atoms with Crippen LogP contribution in [0.4, 0.5) is 16.3 Å². The molecule has 0 radical (unpaired) electrons. The molecular formula is C19H25N5O4. The SMILES string of the molecule is COC(=O)c1ccc(NC(=O)Nc2cnc(C)cn2)cc1OCCCN(C)C. The summed E-state index contributed by atoms with van der Waals surface area (Å²) in [6.45, 7) is 3.09. The van der Waals surface area contributed by atoms with Gasteiger partial charge in [0.1, 0.15) is 11.3 Å². The molecule has 0 fully saturated rings. The van der Waals surface area contributed by atoms with Gasteiger partial charge in [0, 0.05) is 18.3 Å². The van der Waals surface area contributed by atoms with Crippen molar-refractivity contribution in [2.45, 2.75) is 13.3 Å². The lowest BCUT2D eigenvalue weighted by Gasteiger charge is -2.14. The molecule has 0 spiro atoms. The molecule has 0 aliphatic carbocycles. The molecule has 0 aliphatic rings. The first-order valence-electron chi connectivity index (χ1n) is 8.75. The summed E-state index contributed by atoms with van der Waals surface area (Å²) in [5, 5.41) is 5.27. The van der Waals surface area contributed by atoms with Crippen LogP contribution in [0.3, 0.4) is 0 Å². The number of hydrogen-bond acceptors (Lipinski definition) is 7. The van der Waals surface area contributed by atoms with Gasteiger partial charge in [0.25, 0.3) is 0 Å². The average Bonchev–Trinajstić information content (AvgIpc) is 2.66. The number of amides is 2. The Bertz CT molecular complexity index is 808. The van der Waals surface area contributed by atoms with Gasteiger partial charge in [-0.25, -0.2) is 14.6 Å². The zero-order valence-electron chi connectivity index (χ0n) is 16.5. The normalized spacial score (nSPS) is 10.5. The van der Waals surface area contributed by atoms with Crippen molar-refractivity contribution >= 4 is 23.5 Å². The molecule has 2 amide bonds. The third kappa shape index (κ3) is 6.51. The smallest absolute Gasteiger partial charge is 0.341 e. The number of aromatic nitrogens is 2. The summed E-state index contributed by atoms with van der Waals surface area (Å²) in [5.74, 6) is 0.168. The maximum atomic E-state index is 12.2. The third-order valence-corrected chi connectivity index (χ3v) is 3.67. The van der Waals surface area contributed by atoms with Gasteiger partial charge < -0.3 is 19.7 Å². The summed E-state index contributed by atoms with van der Waals surface area (Å²) in [4.78, 5) is 34.3. The van der Waals surface area contributed by atoms with E-state index in [0.717, 1.165) is 18.7 Å². The highest BCUT2D eigenvalue weighted by molar-refractivity contribution is 6.00. The molecule has 1 aromatic heterocycles. The Morgan fingerprint density at radius 3 is 2.57 bits per heavy atom. The molecule has 2 rings (SSSR count). The number of carbonyl (C=O) groups is 2. The van der Waals surface area contributed by atoms with Gasteiger partial charge in [-0.2, -0.15) is 0 Å². The van der Waals surface area contributed by atoms with Crippen LogP contribution in [0, 0.1) is 6.92 Å². The predicted molar refractivity (Wildman–Crippen MR) is 106 cm³/mol. The number of methoxy groups -OCH3 is 1. The van der Waals surface area contributed by atoms with Crippen LogP contribution < -0.4 is 15.4 Å². The summed E-state index contributed by atoms with van der Waals surface area (Å²) < 4.78 is 10.5. The fourth-order valence-electron chi connectivity index (χ4n) is 2.30. The van der Waals surface area contributed by atoms with E-state index < -0.39 is 12.0 Å². The molecule has 0 unspecified atom stereocenters. The van der Waals surface area contributed by atoms with Crippen molar-refractivity contribution in [1.29, 1.82) is 0 Å². The van der Waals surface area contributed by atoms with E-state index in [0.29, 0.717) is 29.4 Å². The van der Waals surface area contributed by atoms with Gasteiger partial charge in [-0.05, 0) is 39.6 Å². The highest BCUT2D eigenvalue weighted by Gasteiger charge is 2.15. The number of urea groups is 1. The summed E-state index contributed by atoms with van der Waals surface area (Å²) >= 11 is 0. The number of hydrogen-bond donors (Lipinski definition) is 2. The summed E-state index contributed by atoms with van der Waals surface area (Å²) in [6, 6.07) is 4.25. The van der Waals surface area contributed by atoms with Gasteiger partial charge in [-0.1, -0.05) is 0 Å². The predicted octanol–water partition coefficient (Wildman–Crippen LogP) is 2.55. The summed E-state index contributed by atoms with van der Waals surface area (Å²) in [7, 11) is 5.25. The first kappa shape index (κ1) is 21.1. The molecule has 1 heterocycles. The number of anilines is 2. The standard InChI is InChI=1S/C19H25N5O4/c1-13-11-21-17(12-20-13)23-19(26)22-14-6-7-15(18(25)27-4)16(10-14)28-9-5-8-24(2)3/h6-7,10-12H,5,8-9H2,1-4H3,(H2,21,22,23,26). The van der Waals surface area contributed by atoms with Crippen molar-refractivity contribution in [3.63, 3.8) is 0 Å². The van der Waals surface area contributed by atoms with Gasteiger partial charge in [0.15, 0.2) is 5.82 Å². The van der Waals surface area contributed by atoms with E-state index in [4.69, 9.17) is 9.47 Å². The average molecular weight is 387 g/mol. The molecule has 0 saturated carbocycles. The van der Waals surface area contributed by atoms with E-state index in [2.05, 4.69) is 20.6 Å². The maximum Gasteiger partial charge on any atom is 0.341 e. The second kappa shape index (κ2) is 10.2. The van der Waals surface area contributed by atoms with Crippen molar-refractivity contribution in [3.05, 3.63) is 41.9 Å². The second-order valence-corrected chi connectivity index (χ2v) is 6.33. The van der Waals surface area contributed by atoms with Crippen LogP contribution in [-0.2, 0) is 4.74 Å². The molecule has 9 nitrogen and oxygen atoms in total. The first-order valence-corrected chi connectivity index (χ1v) is 8.75. The Balaban J connectivity index is 2.06. The Morgan fingerprint density at radius 2 is 1.93 bits per heavy atom. The van der Waals surface area contributed by atoms with Crippen LogP contribution in [0.15, 0.2) is 30.6 Å². The lowest BCUT2D eigenvalue weighted by atomic mass is 10.2. The van der Waals surface area contributed by atoms with Gasteiger partial charge in [0.05, 0.1) is 31.8 Å². The molecule has 0 atom stereocenters. The topological polar surface area (TPSA) is 106 Å². The molecule has 1 aromatic carbocycles. The minimum absolute atomic E-state index is 0.294. The van der Waals surface area contributed by atoms with Crippen molar-refractivity contribution in [3.8, 4) is 5.75 Å². The lowest BCUT2D eigenvalue weighted by Crippen LogP contribution is -2.20. The Morgan fingerprint density at radius 1 is 1.14 bits per heavy atom. The number of rotatable bonds is 8. The van der Waals surface area contributed by atoms with Crippen molar-refractivity contribution < 1.29 is 19.1 Å². The Hall–Kier alpha value is -3.20. The number of carbonyl (C=O) groups excluding carboxylic acids is 2. The van der Waals surface area contributed by atoms with E-state index in [-0.39, 0.29) is 0 Å². The lowest BCUT2D eigenvalue weighted by molar-refractivity contribution is 0.0596. The van der Waals surface area contributed by atoms with E-state index in [1.807, 2.05) is 19.0 Å². The third-order valence-electron chi connectivity index (χ3n) is 3.67. The van der Waals surface area contributed by atoms with Gasteiger partial charge in [-0.3, -0.25) is 10.3 Å². The summed E-state index contributed by atoms with van der Waals surface area (Å²) in [6.07, 6.45) is 3.81. The highest BCUT2D eigenvalue weighted by atomic mass is 16.5. The quantitative estimate of drug-likeness (QED) is 0.530. The number of ether oxygens (including phenoxy) is 2. The molecule has 28 heavy (non-hydrogen) atoms.